The first-order valence-corrected chi connectivity index (χ1v) is 16.0. The third kappa shape index (κ3) is 13.8. The van der Waals surface area contributed by atoms with Crippen molar-refractivity contribution >= 4 is 47.7 Å². The van der Waals surface area contributed by atoms with Gasteiger partial charge in [-0.25, -0.2) is 9.59 Å². The van der Waals surface area contributed by atoms with Gasteiger partial charge >= 0.3 is 12.1 Å². The van der Waals surface area contributed by atoms with Crippen molar-refractivity contribution in [1.82, 2.24) is 26.2 Å². The van der Waals surface area contributed by atoms with Crippen molar-refractivity contribution in [2.24, 2.45) is 17.4 Å². The second-order valence-corrected chi connectivity index (χ2v) is 11.8. The molecule has 16 nitrogen and oxygen atoms in total. The predicted molar refractivity (Wildman–Crippen MR) is 177 cm³/mol. The Morgan fingerprint density at radius 2 is 1.65 bits per heavy atom. The summed E-state index contributed by atoms with van der Waals surface area (Å²) in [5.74, 6) is -1.90. The number of benzene rings is 1. The molecule has 1 aromatic carbocycles. The van der Waals surface area contributed by atoms with Gasteiger partial charge in [0, 0.05) is 57.0 Å². The lowest BCUT2D eigenvalue weighted by molar-refractivity contribution is -0.137. The quantitative estimate of drug-likeness (QED) is 0.0508. The van der Waals surface area contributed by atoms with Crippen LogP contribution in [0.25, 0.3) is 0 Å². The van der Waals surface area contributed by atoms with Crippen molar-refractivity contribution in [3.8, 4) is 0 Å². The summed E-state index contributed by atoms with van der Waals surface area (Å²) < 4.78 is 5.13. The number of carbonyl (C=O) groups is 7. The van der Waals surface area contributed by atoms with Crippen LogP contribution in [0.2, 0.25) is 0 Å². The maximum absolute atomic E-state index is 13.5. The summed E-state index contributed by atoms with van der Waals surface area (Å²) in [6.45, 7) is 4.61. The van der Waals surface area contributed by atoms with E-state index in [0.29, 0.717) is 50.7 Å². The number of ether oxygens (including phenoxy) is 1. The Bertz CT molecular complexity index is 1290. The standard InChI is InChI=1S/C32H48N8O8/c1-22(2)28(38-25(42)7-4-3-5-18-40-26(43)12-13-27(40)44)29(45)39-32(21-41,14-6-16-35-30(34)46)20-37-24-10-8-23(9-11-24)19-48-31(47)36-17-15-33/h8-13,21-22,28,37H,3-7,14-20,33H2,1-2H3,(H,36,47)(H,38,42)(H,39,45)(H3,34,35,46)/t28-,32+/m0/s1. The highest BCUT2D eigenvalue weighted by atomic mass is 16.5. The number of nitrogens with two attached hydrogens (primary N) is 2. The van der Waals surface area contributed by atoms with E-state index in [1.165, 1.54) is 12.2 Å². The van der Waals surface area contributed by atoms with Gasteiger partial charge in [0.25, 0.3) is 11.8 Å². The number of unbranched alkanes of at least 4 members (excludes halogenated alkanes) is 2. The number of rotatable bonds is 22. The minimum Gasteiger partial charge on any atom is -0.445 e. The lowest BCUT2D eigenvalue weighted by Gasteiger charge is -2.33. The van der Waals surface area contributed by atoms with Crippen LogP contribution in [0, 0.1) is 5.92 Å². The van der Waals surface area contributed by atoms with Crippen molar-refractivity contribution in [3.05, 3.63) is 42.0 Å². The fraction of sp³-hybridized carbons (Fsp3) is 0.531. The molecule has 0 radical (unpaired) electrons. The van der Waals surface area contributed by atoms with Crippen LogP contribution in [0.4, 0.5) is 15.3 Å². The summed E-state index contributed by atoms with van der Waals surface area (Å²) >= 11 is 0. The van der Waals surface area contributed by atoms with E-state index in [2.05, 4.69) is 26.6 Å². The molecule has 2 rings (SSSR count). The monoisotopic (exact) mass is 672 g/mol. The van der Waals surface area contributed by atoms with Gasteiger partial charge < -0.3 is 47.6 Å². The molecular weight excluding hydrogens is 624 g/mol. The average molecular weight is 673 g/mol. The van der Waals surface area contributed by atoms with Gasteiger partial charge in [-0.3, -0.25) is 24.1 Å². The SMILES string of the molecule is CC(C)[C@H](NC(=O)CCCCCN1C(=O)C=CC1=O)C(=O)N[C@](C=O)(CCCNC(N)=O)CNc1ccc(COC(=O)NCCN)cc1. The van der Waals surface area contributed by atoms with Crippen molar-refractivity contribution in [3.63, 3.8) is 0 Å². The molecule has 9 N–H and O–H groups in total. The fourth-order valence-corrected chi connectivity index (χ4v) is 4.78. The highest BCUT2D eigenvalue weighted by Crippen LogP contribution is 2.17. The molecule has 0 aliphatic carbocycles. The van der Waals surface area contributed by atoms with Crippen molar-refractivity contribution in [2.75, 3.05) is 38.0 Å². The highest BCUT2D eigenvalue weighted by Gasteiger charge is 2.35. The number of nitrogens with one attached hydrogen (secondary N) is 5. The lowest BCUT2D eigenvalue weighted by atomic mass is 9.92. The summed E-state index contributed by atoms with van der Waals surface area (Å²) in [5, 5.41) is 13.7. The lowest BCUT2D eigenvalue weighted by Crippen LogP contribution is -2.60. The number of urea groups is 1. The van der Waals surface area contributed by atoms with Gasteiger partial charge in [0.15, 0.2) is 0 Å². The number of hydrogen-bond donors (Lipinski definition) is 7. The Kier molecular flexibility index (Phi) is 16.6. The molecule has 0 fully saturated rings. The molecule has 0 bridgehead atoms. The Morgan fingerprint density at radius 1 is 0.958 bits per heavy atom. The first-order chi connectivity index (χ1) is 22.9. The number of alkyl carbamates (subject to hydrolysis) is 1. The Labute approximate surface area is 280 Å². The normalized spacial score (nSPS) is 14.2. The number of imide groups is 1. The van der Waals surface area contributed by atoms with Crippen LogP contribution in [0.15, 0.2) is 36.4 Å². The molecule has 1 aliphatic rings. The van der Waals surface area contributed by atoms with Crippen LogP contribution < -0.4 is 38.1 Å². The van der Waals surface area contributed by atoms with Crippen LogP contribution in [0.3, 0.4) is 0 Å². The largest absolute Gasteiger partial charge is 0.445 e. The van der Waals surface area contributed by atoms with Crippen LogP contribution >= 0.6 is 0 Å². The highest BCUT2D eigenvalue weighted by molar-refractivity contribution is 6.12. The van der Waals surface area contributed by atoms with Gasteiger partial charge in [0.1, 0.15) is 24.5 Å². The van der Waals surface area contributed by atoms with Gasteiger partial charge in [-0.15, -0.1) is 0 Å². The smallest absolute Gasteiger partial charge is 0.407 e. The van der Waals surface area contributed by atoms with E-state index in [4.69, 9.17) is 16.2 Å². The number of carbonyl (C=O) groups excluding carboxylic acids is 7. The molecule has 16 heteroatoms. The minimum atomic E-state index is -1.41. The molecule has 1 heterocycles. The zero-order valence-electron chi connectivity index (χ0n) is 27.5. The van der Waals surface area contributed by atoms with Crippen LogP contribution in [0.1, 0.15) is 57.9 Å². The zero-order chi connectivity index (χ0) is 35.5. The Balaban J connectivity index is 1.99. The molecule has 1 aliphatic heterocycles. The Hall–Kier alpha value is -4.99. The number of amides is 7. The summed E-state index contributed by atoms with van der Waals surface area (Å²) in [5.41, 5.74) is 10.5. The van der Waals surface area contributed by atoms with E-state index in [1.807, 2.05) is 0 Å². The minimum absolute atomic E-state index is 0.00748. The van der Waals surface area contributed by atoms with E-state index in [1.54, 1.807) is 38.1 Å². The van der Waals surface area contributed by atoms with E-state index in [-0.39, 0.29) is 62.7 Å². The molecule has 264 valence electrons. The maximum Gasteiger partial charge on any atom is 0.407 e. The molecule has 0 saturated carbocycles. The van der Waals surface area contributed by atoms with Gasteiger partial charge in [0.05, 0.1) is 0 Å². The van der Waals surface area contributed by atoms with Gasteiger partial charge in [-0.05, 0) is 49.3 Å². The van der Waals surface area contributed by atoms with Crippen LogP contribution in [-0.2, 0) is 35.3 Å². The Morgan fingerprint density at radius 3 is 2.25 bits per heavy atom. The molecule has 48 heavy (non-hydrogen) atoms. The topological polar surface area (TPSA) is 244 Å². The van der Waals surface area contributed by atoms with Gasteiger partial charge in [-0.2, -0.15) is 0 Å². The first kappa shape index (κ1) is 39.2. The molecule has 0 aromatic heterocycles. The number of primary amides is 1. The third-order valence-electron chi connectivity index (χ3n) is 7.49. The molecule has 0 spiro atoms. The number of anilines is 1. The molecule has 0 unspecified atom stereocenters. The molecule has 1 aromatic rings. The molecule has 2 atom stereocenters. The van der Waals surface area contributed by atoms with E-state index >= 15 is 0 Å². The predicted octanol–water partition coefficient (Wildman–Crippen LogP) is 0.412. The van der Waals surface area contributed by atoms with Crippen LogP contribution in [-0.4, -0.2) is 91.2 Å². The first-order valence-electron chi connectivity index (χ1n) is 16.0. The summed E-state index contributed by atoms with van der Waals surface area (Å²) in [4.78, 5) is 86.2. The molecule has 7 amide bonds. The number of hydrogen-bond acceptors (Lipinski definition) is 10. The summed E-state index contributed by atoms with van der Waals surface area (Å²) in [7, 11) is 0. The van der Waals surface area contributed by atoms with E-state index in [0.717, 1.165) is 10.5 Å². The van der Waals surface area contributed by atoms with E-state index in [9.17, 15) is 33.6 Å². The van der Waals surface area contributed by atoms with Crippen molar-refractivity contribution in [2.45, 2.75) is 70.6 Å². The fourth-order valence-electron chi connectivity index (χ4n) is 4.78. The van der Waals surface area contributed by atoms with Crippen LogP contribution in [0.5, 0.6) is 0 Å². The second kappa shape index (κ2) is 20.3. The third-order valence-corrected chi connectivity index (χ3v) is 7.49. The maximum atomic E-state index is 13.5. The van der Waals surface area contributed by atoms with Gasteiger partial charge in [0.2, 0.25) is 11.8 Å². The number of nitrogens with zero attached hydrogens (tertiary/aromatic N) is 1. The average Bonchev–Trinajstić information content (AvgIpc) is 3.38. The van der Waals surface area contributed by atoms with Gasteiger partial charge in [-0.1, -0.05) is 32.4 Å². The second-order valence-electron chi connectivity index (χ2n) is 11.8. The van der Waals surface area contributed by atoms with E-state index < -0.39 is 29.6 Å². The number of aldehydes is 1. The summed E-state index contributed by atoms with van der Waals surface area (Å²) in [6, 6.07) is 5.29. The van der Waals surface area contributed by atoms with Crippen molar-refractivity contribution in [1.29, 1.82) is 0 Å². The van der Waals surface area contributed by atoms with Crippen molar-refractivity contribution < 1.29 is 38.3 Å². The zero-order valence-corrected chi connectivity index (χ0v) is 27.5. The molecular formula is C32H48N8O8. The summed E-state index contributed by atoms with van der Waals surface area (Å²) in [6.07, 6.45) is 4.73. The molecule has 0 saturated heterocycles.